The molecule has 0 aliphatic carbocycles. The van der Waals surface area contributed by atoms with Gasteiger partial charge in [-0.2, -0.15) is 0 Å². The van der Waals surface area contributed by atoms with E-state index in [1.54, 1.807) is 0 Å². The van der Waals surface area contributed by atoms with Crippen LogP contribution < -0.4 is 0 Å². The molecule has 0 bridgehead atoms. The maximum Gasteiger partial charge on any atom is 0.328 e. The van der Waals surface area contributed by atoms with E-state index in [0.29, 0.717) is 12.8 Å². The number of aromatic hydroxyl groups is 2. The summed E-state index contributed by atoms with van der Waals surface area (Å²) in [7, 11) is -4.03. The van der Waals surface area contributed by atoms with Crippen LogP contribution in [0.2, 0.25) is 5.02 Å². The monoisotopic (exact) mass is 515 g/mol. The van der Waals surface area contributed by atoms with E-state index in [9.17, 15) is 38.1 Å². The van der Waals surface area contributed by atoms with E-state index in [-0.39, 0.29) is 30.1 Å². The summed E-state index contributed by atoms with van der Waals surface area (Å²) in [6, 6.07) is 0.876. The van der Waals surface area contributed by atoms with Crippen molar-refractivity contribution in [1.82, 2.24) is 9.80 Å². The van der Waals surface area contributed by atoms with Gasteiger partial charge in [0.2, 0.25) is 5.91 Å². The van der Waals surface area contributed by atoms with Gasteiger partial charge in [-0.15, -0.1) is 0 Å². The first kappa shape index (κ1) is 24.1. The van der Waals surface area contributed by atoms with Gasteiger partial charge in [0.05, 0.1) is 23.2 Å². The molecular weight excluding hydrogens is 494 g/mol. The van der Waals surface area contributed by atoms with Crippen LogP contribution in [0.15, 0.2) is 17.3 Å². The number of aliphatic carboxylic acids is 1. The van der Waals surface area contributed by atoms with Gasteiger partial charge in [-0.05, 0) is 19.1 Å². The molecule has 1 aromatic rings. The number of rotatable bonds is 5. The fourth-order valence-electron chi connectivity index (χ4n) is 4.48. The highest BCUT2D eigenvalue weighted by atomic mass is 35.5. The molecule has 0 saturated carbocycles. The number of halogens is 1. The number of β-lactam (4-membered cyclic amide) rings is 1. The number of hydrogen-bond donors (Lipinski definition) is 3. The SMILES string of the molecule is C[C@]1(/C=N/OC2CCN(C(=O)c3ccc(O)c(O)c3Cl)CC2)[C@H](C(=O)O)N2C(=O)C[C@H]2S1(=O)=O. The van der Waals surface area contributed by atoms with Crippen LogP contribution in [0.4, 0.5) is 0 Å². The van der Waals surface area contributed by atoms with Gasteiger partial charge in [0.25, 0.3) is 5.91 Å². The zero-order valence-corrected chi connectivity index (χ0v) is 19.5. The van der Waals surface area contributed by atoms with Gasteiger partial charge in [0.1, 0.15) is 16.2 Å². The molecule has 3 aliphatic rings. The minimum absolute atomic E-state index is 0.0348. The third-order valence-electron chi connectivity index (χ3n) is 6.55. The maximum atomic E-state index is 12.9. The molecule has 14 heteroatoms. The number of nitrogens with zero attached hydrogens (tertiary/aromatic N) is 3. The number of carbonyl (C=O) groups excluding carboxylic acids is 2. The Kier molecular flexibility index (Phi) is 5.88. The van der Waals surface area contributed by atoms with Gasteiger partial charge < -0.3 is 30.0 Å². The van der Waals surface area contributed by atoms with Crippen molar-refractivity contribution in [2.75, 3.05) is 13.1 Å². The molecule has 0 aromatic heterocycles. The van der Waals surface area contributed by atoms with Gasteiger partial charge >= 0.3 is 5.97 Å². The third-order valence-corrected chi connectivity index (χ3v) is 9.59. The van der Waals surface area contributed by atoms with Crippen LogP contribution in [0.25, 0.3) is 0 Å². The Hall–Kier alpha value is -3.06. The summed E-state index contributed by atoms with van der Waals surface area (Å²) in [4.78, 5) is 44.0. The summed E-state index contributed by atoms with van der Waals surface area (Å²) in [6.07, 6.45) is 0.918. The van der Waals surface area contributed by atoms with Gasteiger partial charge in [-0.25, -0.2) is 13.2 Å². The third kappa shape index (κ3) is 3.54. The lowest BCUT2D eigenvalue weighted by atomic mass is 9.98. The number of fused-ring (bicyclic) bond motifs is 1. The van der Waals surface area contributed by atoms with E-state index in [4.69, 9.17) is 16.4 Å². The molecular formula is C20H22ClN3O9S. The van der Waals surface area contributed by atoms with Crippen molar-refractivity contribution in [2.24, 2.45) is 5.16 Å². The molecule has 0 radical (unpaired) electrons. The summed E-state index contributed by atoms with van der Waals surface area (Å²) in [6.45, 7) is 1.72. The normalized spacial score (nSPS) is 28.6. The van der Waals surface area contributed by atoms with Crippen LogP contribution in [0.5, 0.6) is 11.5 Å². The average Bonchev–Trinajstić information content (AvgIpc) is 2.92. The van der Waals surface area contributed by atoms with Crippen molar-refractivity contribution < 1.29 is 43.0 Å². The fraction of sp³-hybridized carbons (Fsp3) is 0.500. The Morgan fingerprint density at radius 3 is 2.50 bits per heavy atom. The number of piperidine rings is 1. The van der Waals surface area contributed by atoms with E-state index in [0.717, 1.165) is 17.2 Å². The Balaban J connectivity index is 1.40. The number of likely N-dealkylation sites (tertiary alicyclic amines) is 1. The summed E-state index contributed by atoms with van der Waals surface area (Å²) >= 11 is 5.96. The van der Waals surface area contributed by atoms with Crippen molar-refractivity contribution in [3.63, 3.8) is 0 Å². The number of phenolic OH excluding ortho intramolecular Hbond substituents is 2. The predicted molar refractivity (Wildman–Crippen MR) is 117 cm³/mol. The minimum Gasteiger partial charge on any atom is -0.504 e. The van der Waals surface area contributed by atoms with Crippen molar-refractivity contribution >= 4 is 45.4 Å². The van der Waals surface area contributed by atoms with Crippen molar-refractivity contribution in [2.45, 2.75) is 48.5 Å². The van der Waals surface area contributed by atoms with Crippen LogP contribution in [-0.2, 0) is 24.3 Å². The van der Waals surface area contributed by atoms with Gasteiger partial charge in [0, 0.05) is 25.9 Å². The number of carboxylic acid groups (broad SMARTS) is 1. The smallest absolute Gasteiger partial charge is 0.328 e. The Morgan fingerprint density at radius 2 is 1.91 bits per heavy atom. The summed E-state index contributed by atoms with van der Waals surface area (Å²) < 4.78 is 23.8. The summed E-state index contributed by atoms with van der Waals surface area (Å²) in [5.74, 6) is -3.45. The highest BCUT2D eigenvalue weighted by molar-refractivity contribution is 7.94. The van der Waals surface area contributed by atoms with Crippen LogP contribution in [0.1, 0.15) is 36.5 Å². The van der Waals surface area contributed by atoms with E-state index >= 15 is 0 Å². The number of sulfone groups is 1. The first-order valence-electron chi connectivity index (χ1n) is 10.4. The molecule has 2 amide bonds. The number of hydrogen-bond acceptors (Lipinski definition) is 9. The van der Waals surface area contributed by atoms with E-state index in [2.05, 4.69) is 5.16 Å². The molecule has 3 heterocycles. The van der Waals surface area contributed by atoms with Gasteiger partial charge in [0.15, 0.2) is 27.4 Å². The van der Waals surface area contributed by atoms with Gasteiger partial charge in [-0.1, -0.05) is 16.8 Å². The second-order valence-electron chi connectivity index (χ2n) is 8.56. The number of benzene rings is 1. The molecule has 0 spiro atoms. The molecule has 0 unspecified atom stereocenters. The molecule has 4 rings (SSSR count). The highest BCUT2D eigenvalue weighted by Crippen LogP contribution is 2.45. The largest absolute Gasteiger partial charge is 0.504 e. The number of carbonyl (C=O) groups is 3. The Morgan fingerprint density at radius 1 is 1.26 bits per heavy atom. The van der Waals surface area contributed by atoms with E-state index < -0.39 is 61.4 Å². The fourth-order valence-corrected chi connectivity index (χ4v) is 6.92. The predicted octanol–water partition coefficient (Wildman–Crippen LogP) is 0.557. The van der Waals surface area contributed by atoms with Crippen molar-refractivity contribution in [3.05, 3.63) is 22.7 Å². The standard InChI is InChI=1S/C20H22ClN3O9S/c1-20(17(19(29)30)24-13(26)8-14(24)34(20,31)32)9-22-33-10-4-6-23(7-5-10)18(28)11-2-3-12(25)16(27)15(11)21/h2-3,9-10,14,17,25,27H,4-8H2,1H3,(H,29,30)/b22-9+/t14-,17+,20+/m1/s1. The minimum atomic E-state index is -4.03. The first-order valence-corrected chi connectivity index (χ1v) is 12.3. The average molecular weight is 516 g/mol. The quantitative estimate of drug-likeness (QED) is 0.219. The van der Waals surface area contributed by atoms with Crippen molar-refractivity contribution in [3.8, 4) is 11.5 Å². The number of amides is 2. The number of oxime groups is 1. The second-order valence-corrected chi connectivity index (χ2v) is 11.4. The van der Waals surface area contributed by atoms with E-state index in [1.807, 2.05) is 0 Å². The zero-order valence-electron chi connectivity index (χ0n) is 17.9. The second kappa shape index (κ2) is 8.31. The highest BCUT2D eigenvalue weighted by Gasteiger charge is 2.69. The number of phenols is 2. The molecule has 3 fully saturated rings. The molecule has 12 nitrogen and oxygen atoms in total. The Labute approximate surface area is 199 Å². The molecule has 3 aliphatic heterocycles. The van der Waals surface area contributed by atoms with E-state index in [1.165, 1.54) is 17.9 Å². The van der Waals surface area contributed by atoms with Crippen molar-refractivity contribution in [1.29, 1.82) is 0 Å². The zero-order chi connectivity index (χ0) is 25.0. The lowest BCUT2D eigenvalue weighted by Crippen LogP contribution is -2.57. The lowest BCUT2D eigenvalue weighted by Gasteiger charge is -2.35. The van der Waals surface area contributed by atoms with Crippen LogP contribution in [-0.4, -0.2) is 92.9 Å². The topological polar surface area (TPSA) is 174 Å². The summed E-state index contributed by atoms with van der Waals surface area (Å²) in [5, 5.41) is 31.1. The lowest BCUT2D eigenvalue weighted by molar-refractivity contribution is -0.156. The Bertz CT molecular complexity index is 1200. The molecule has 3 atom stereocenters. The summed E-state index contributed by atoms with van der Waals surface area (Å²) in [5.41, 5.74) is 0.0348. The first-order chi connectivity index (χ1) is 15.9. The van der Waals surface area contributed by atoms with Gasteiger partial charge in [-0.3, -0.25) is 9.59 Å². The van der Waals surface area contributed by atoms with Crippen LogP contribution in [0.3, 0.4) is 0 Å². The maximum absolute atomic E-state index is 12.9. The number of carboxylic acids is 1. The van der Waals surface area contributed by atoms with Crippen LogP contribution in [0, 0.1) is 0 Å². The molecule has 1 aromatic carbocycles. The van der Waals surface area contributed by atoms with Crippen LogP contribution >= 0.6 is 11.6 Å². The molecule has 184 valence electrons. The molecule has 3 saturated heterocycles. The molecule has 34 heavy (non-hydrogen) atoms. The molecule has 3 N–H and O–H groups in total.